The van der Waals surface area contributed by atoms with E-state index < -0.39 is 5.91 Å². The van der Waals surface area contributed by atoms with E-state index in [-0.39, 0.29) is 0 Å². The number of amides is 1. The van der Waals surface area contributed by atoms with Gasteiger partial charge in [0.15, 0.2) is 0 Å². The van der Waals surface area contributed by atoms with E-state index in [1.54, 1.807) is 14.0 Å². The second-order valence-electron chi connectivity index (χ2n) is 5.41. The number of nitrogens with one attached hydrogen (secondary N) is 1. The smallest absolute Gasteiger partial charge is 0.277 e. The number of aryl methyl sites for hydroxylation is 1. The third-order valence-electron chi connectivity index (χ3n) is 3.70. The highest BCUT2D eigenvalue weighted by Gasteiger charge is 2.21. The van der Waals surface area contributed by atoms with Gasteiger partial charge in [0.2, 0.25) is 0 Å². The lowest BCUT2D eigenvalue weighted by molar-refractivity contribution is 0.0954. The number of halogens is 1. The van der Waals surface area contributed by atoms with Crippen LogP contribution in [0.5, 0.6) is 5.75 Å². The second-order valence-corrected chi connectivity index (χ2v) is 6.33. The minimum Gasteiger partial charge on any atom is -0.496 e. The maximum absolute atomic E-state index is 12.6. The molecule has 3 rings (SSSR count). The number of hydrazone groups is 1. The Balaban J connectivity index is 1.82. The molecule has 3 aromatic rings. The first-order chi connectivity index (χ1) is 12.6. The van der Waals surface area contributed by atoms with Crippen LogP contribution in [0.4, 0.5) is 0 Å². The molecule has 0 aliphatic carbocycles. The molecule has 7 heteroatoms. The van der Waals surface area contributed by atoms with Crippen LogP contribution in [0.1, 0.15) is 21.7 Å². The van der Waals surface area contributed by atoms with Crippen molar-refractivity contribution in [1.82, 2.24) is 10.6 Å². The zero-order valence-electron chi connectivity index (χ0n) is 14.2. The summed E-state index contributed by atoms with van der Waals surface area (Å²) in [5, 5.41) is 8.03. The van der Waals surface area contributed by atoms with Crippen LogP contribution in [0.15, 0.2) is 62.6 Å². The Morgan fingerprint density at radius 1 is 1.27 bits per heavy atom. The highest BCUT2D eigenvalue weighted by molar-refractivity contribution is 9.10. The first-order valence-corrected chi connectivity index (χ1v) is 8.58. The molecule has 0 fully saturated rings. The Labute approximate surface area is 159 Å². The summed E-state index contributed by atoms with van der Waals surface area (Å²) in [4.78, 5) is 12.6. The fourth-order valence-electron chi connectivity index (χ4n) is 2.46. The number of nitrogens with zero attached hydrogens (tertiary/aromatic N) is 2. The molecular formula is C19H16BrN3O3. The van der Waals surface area contributed by atoms with Crippen molar-refractivity contribution < 1.29 is 14.1 Å². The maximum atomic E-state index is 12.6. The van der Waals surface area contributed by atoms with Gasteiger partial charge in [-0.2, -0.15) is 5.10 Å². The summed E-state index contributed by atoms with van der Waals surface area (Å²) in [6, 6.07) is 14.9. The van der Waals surface area contributed by atoms with Crippen molar-refractivity contribution in [3.63, 3.8) is 0 Å². The predicted octanol–water partition coefficient (Wildman–Crippen LogP) is 4.19. The third kappa shape index (κ3) is 3.83. The molecule has 0 unspecified atom stereocenters. The third-order valence-corrected chi connectivity index (χ3v) is 4.19. The van der Waals surface area contributed by atoms with Crippen LogP contribution in [0.25, 0.3) is 11.3 Å². The van der Waals surface area contributed by atoms with Crippen LogP contribution in [0.2, 0.25) is 0 Å². The molecular weight excluding hydrogens is 398 g/mol. The van der Waals surface area contributed by atoms with Gasteiger partial charge in [0.25, 0.3) is 5.91 Å². The topological polar surface area (TPSA) is 76.7 Å². The van der Waals surface area contributed by atoms with Gasteiger partial charge in [-0.15, -0.1) is 0 Å². The maximum Gasteiger partial charge on any atom is 0.277 e. The van der Waals surface area contributed by atoms with Crippen LogP contribution in [-0.2, 0) is 0 Å². The summed E-state index contributed by atoms with van der Waals surface area (Å²) in [7, 11) is 1.58. The van der Waals surface area contributed by atoms with Crippen molar-refractivity contribution in [2.45, 2.75) is 6.92 Å². The number of aromatic nitrogens is 1. The minimum atomic E-state index is -0.396. The summed E-state index contributed by atoms with van der Waals surface area (Å²) in [6.45, 7) is 1.69. The van der Waals surface area contributed by atoms with Gasteiger partial charge in [-0.3, -0.25) is 4.79 Å². The number of carbonyl (C=O) groups is 1. The molecule has 132 valence electrons. The van der Waals surface area contributed by atoms with Crippen molar-refractivity contribution in [3.8, 4) is 17.0 Å². The standard InChI is InChI=1S/C19H16BrN3O3/c1-12-17(18(23-26-12)13-6-4-3-5-7-13)19(24)22-21-11-14-10-15(20)8-9-16(14)25-2/h3-11H,1-2H3,(H,22,24)/b21-11-. The summed E-state index contributed by atoms with van der Waals surface area (Å²) < 4.78 is 11.4. The average molecular weight is 414 g/mol. The van der Waals surface area contributed by atoms with E-state index >= 15 is 0 Å². The van der Waals surface area contributed by atoms with Gasteiger partial charge >= 0.3 is 0 Å². The molecule has 2 aromatic carbocycles. The molecule has 6 nitrogen and oxygen atoms in total. The summed E-state index contributed by atoms with van der Waals surface area (Å²) >= 11 is 3.40. The van der Waals surface area contributed by atoms with E-state index in [2.05, 4.69) is 31.6 Å². The first kappa shape index (κ1) is 17.9. The summed E-state index contributed by atoms with van der Waals surface area (Å²) in [6.07, 6.45) is 1.52. The lowest BCUT2D eigenvalue weighted by Crippen LogP contribution is -2.19. The predicted molar refractivity (Wildman–Crippen MR) is 102 cm³/mol. The van der Waals surface area contributed by atoms with E-state index in [1.165, 1.54) is 6.21 Å². The molecule has 0 radical (unpaired) electrons. The van der Waals surface area contributed by atoms with E-state index in [0.29, 0.717) is 22.8 Å². The summed E-state index contributed by atoms with van der Waals surface area (Å²) in [5.41, 5.74) is 4.88. The number of benzene rings is 2. The van der Waals surface area contributed by atoms with Crippen molar-refractivity contribution in [3.05, 3.63) is 69.9 Å². The van der Waals surface area contributed by atoms with Crippen LogP contribution in [0.3, 0.4) is 0 Å². The van der Waals surface area contributed by atoms with Crippen molar-refractivity contribution in [2.75, 3.05) is 7.11 Å². The SMILES string of the molecule is COc1ccc(Br)cc1/C=N\NC(=O)c1c(-c2ccccc2)noc1C. The highest BCUT2D eigenvalue weighted by atomic mass is 79.9. The molecule has 0 saturated heterocycles. The van der Waals surface area contributed by atoms with Crippen molar-refractivity contribution in [1.29, 1.82) is 0 Å². The Hall–Kier alpha value is -2.93. The van der Waals surface area contributed by atoms with Gasteiger partial charge in [-0.25, -0.2) is 5.43 Å². The Morgan fingerprint density at radius 2 is 2.04 bits per heavy atom. The molecule has 1 aromatic heterocycles. The number of hydrogen-bond donors (Lipinski definition) is 1. The van der Waals surface area contributed by atoms with Crippen LogP contribution in [0, 0.1) is 6.92 Å². The lowest BCUT2D eigenvalue weighted by Gasteiger charge is -2.05. The normalized spacial score (nSPS) is 10.9. The molecule has 1 N–H and O–H groups in total. The Morgan fingerprint density at radius 3 is 2.77 bits per heavy atom. The molecule has 0 spiro atoms. The molecule has 26 heavy (non-hydrogen) atoms. The van der Waals surface area contributed by atoms with Gasteiger partial charge in [0.1, 0.15) is 22.8 Å². The van der Waals surface area contributed by atoms with Gasteiger partial charge in [-0.1, -0.05) is 51.4 Å². The quantitative estimate of drug-likeness (QED) is 0.502. The Bertz CT molecular complexity index is 952. The van der Waals surface area contributed by atoms with E-state index in [0.717, 1.165) is 15.6 Å². The van der Waals surface area contributed by atoms with Crippen molar-refractivity contribution >= 4 is 28.1 Å². The van der Waals surface area contributed by atoms with Crippen LogP contribution < -0.4 is 10.2 Å². The van der Waals surface area contributed by atoms with E-state index in [1.807, 2.05) is 48.5 Å². The number of rotatable bonds is 5. The van der Waals surface area contributed by atoms with Gasteiger partial charge in [-0.05, 0) is 25.1 Å². The molecule has 1 amide bonds. The first-order valence-electron chi connectivity index (χ1n) is 7.78. The average Bonchev–Trinajstić information content (AvgIpc) is 3.04. The number of hydrogen-bond acceptors (Lipinski definition) is 5. The molecule has 0 bridgehead atoms. The number of carbonyl (C=O) groups excluding carboxylic acids is 1. The van der Waals surface area contributed by atoms with E-state index in [4.69, 9.17) is 9.26 Å². The van der Waals surface area contributed by atoms with Crippen molar-refractivity contribution in [2.24, 2.45) is 5.10 Å². The zero-order valence-corrected chi connectivity index (χ0v) is 15.8. The van der Waals surface area contributed by atoms with E-state index in [9.17, 15) is 4.79 Å². The fourth-order valence-corrected chi connectivity index (χ4v) is 2.83. The minimum absolute atomic E-state index is 0.356. The molecule has 0 aliphatic heterocycles. The molecule has 1 heterocycles. The number of methoxy groups -OCH3 is 1. The van der Waals surface area contributed by atoms with Crippen LogP contribution >= 0.6 is 15.9 Å². The zero-order chi connectivity index (χ0) is 18.5. The fraction of sp³-hybridized carbons (Fsp3) is 0.105. The molecule has 0 atom stereocenters. The largest absolute Gasteiger partial charge is 0.496 e. The van der Waals surface area contributed by atoms with Crippen LogP contribution in [-0.4, -0.2) is 24.4 Å². The Kier molecular flexibility index (Phi) is 5.48. The highest BCUT2D eigenvalue weighted by Crippen LogP contribution is 2.25. The molecule has 0 aliphatic rings. The second kappa shape index (κ2) is 7.97. The number of ether oxygens (including phenoxy) is 1. The van der Waals surface area contributed by atoms with Gasteiger partial charge in [0, 0.05) is 15.6 Å². The van der Waals surface area contributed by atoms with Gasteiger partial charge in [0.05, 0.1) is 13.3 Å². The summed E-state index contributed by atoms with van der Waals surface area (Å²) in [5.74, 6) is 0.682. The van der Waals surface area contributed by atoms with Gasteiger partial charge < -0.3 is 9.26 Å². The monoisotopic (exact) mass is 413 g/mol. The lowest BCUT2D eigenvalue weighted by atomic mass is 10.1. The molecule has 0 saturated carbocycles.